The van der Waals surface area contributed by atoms with E-state index in [2.05, 4.69) is 5.32 Å². The number of methoxy groups -OCH3 is 2. The summed E-state index contributed by atoms with van der Waals surface area (Å²) in [4.78, 5) is 25.7. The van der Waals surface area contributed by atoms with Gasteiger partial charge >= 0.3 is 12.1 Å². The van der Waals surface area contributed by atoms with Gasteiger partial charge in [-0.2, -0.15) is 13.2 Å². The van der Waals surface area contributed by atoms with Crippen LogP contribution in [-0.2, 0) is 10.9 Å². The first-order chi connectivity index (χ1) is 15.7. The molecule has 3 aromatic rings. The Kier molecular flexibility index (Phi) is 7.29. The number of rotatable bonds is 6. The third-order valence-electron chi connectivity index (χ3n) is 4.76. The number of nitrogens with two attached hydrogens (primary N) is 1. The zero-order valence-corrected chi connectivity index (χ0v) is 18.3. The van der Waals surface area contributed by atoms with Crippen LogP contribution in [0.25, 0.3) is 11.1 Å². The summed E-state index contributed by atoms with van der Waals surface area (Å²) in [5, 5.41) is 8.18. The van der Waals surface area contributed by atoms with Gasteiger partial charge in [-0.3, -0.25) is 9.93 Å². The Morgan fingerprint density at radius 2 is 1.70 bits per heavy atom. The average molecular weight is 476 g/mol. The molecule has 0 aliphatic rings. The number of esters is 1. The van der Waals surface area contributed by atoms with E-state index >= 15 is 0 Å². The van der Waals surface area contributed by atoms with E-state index in [1.54, 1.807) is 12.1 Å². The minimum Gasteiger partial charge on any atom is -0.496 e. The summed E-state index contributed by atoms with van der Waals surface area (Å²) in [6.07, 6.45) is -4.62. The number of benzene rings is 3. The van der Waals surface area contributed by atoms with Gasteiger partial charge in [-0.1, -0.05) is 24.3 Å². The fourth-order valence-electron chi connectivity index (χ4n) is 3.21. The third kappa shape index (κ3) is 5.29. The first-order valence-corrected chi connectivity index (χ1v) is 10.3. The van der Waals surface area contributed by atoms with E-state index in [0.717, 1.165) is 25.1 Å². The number of carbonyl (C=O) groups is 2. The normalized spacial score (nSPS) is 11.1. The lowest BCUT2D eigenvalue weighted by atomic mass is 9.94. The molecule has 0 aromatic heterocycles. The zero-order chi connectivity index (χ0) is 24.2. The molecule has 0 spiro atoms. The van der Waals surface area contributed by atoms with Gasteiger partial charge in [0.1, 0.15) is 5.75 Å². The standard InChI is InChI=1S/C23H19F3N2O4S/c1-31-19-11-13(7-10-20(19)33-27)21(29)28-14-8-9-15(17(12-14)22(30)32-2)16-5-3-4-6-18(16)23(24,25)26/h3-12H,27H2,1-2H3,(H,28,29). The quantitative estimate of drug-likeness (QED) is 0.366. The average Bonchev–Trinajstić information content (AvgIpc) is 2.82. The van der Waals surface area contributed by atoms with Crippen LogP contribution in [0.2, 0.25) is 0 Å². The summed E-state index contributed by atoms with van der Waals surface area (Å²) in [6, 6.07) is 13.6. The van der Waals surface area contributed by atoms with E-state index in [1.165, 1.54) is 49.6 Å². The van der Waals surface area contributed by atoms with E-state index in [1.807, 2.05) is 0 Å². The Morgan fingerprint density at radius 3 is 2.33 bits per heavy atom. The molecule has 0 aliphatic heterocycles. The molecule has 0 heterocycles. The lowest BCUT2D eigenvalue weighted by Gasteiger charge is -2.16. The maximum Gasteiger partial charge on any atom is 0.417 e. The van der Waals surface area contributed by atoms with E-state index < -0.39 is 23.6 Å². The van der Waals surface area contributed by atoms with Crippen molar-refractivity contribution in [2.24, 2.45) is 5.14 Å². The number of ether oxygens (including phenoxy) is 2. The predicted molar refractivity (Wildman–Crippen MR) is 119 cm³/mol. The van der Waals surface area contributed by atoms with E-state index in [4.69, 9.17) is 14.6 Å². The van der Waals surface area contributed by atoms with Gasteiger partial charge in [-0.25, -0.2) is 4.79 Å². The summed E-state index contributed by atoms with van der Waals surface area (Å²) >= 11 is 0.966. The van der Waals surface area contributed by atoms with Crippen molar-refractivity contribution in [3.63, 3.8) is 0 Å². The van der Waals surface area contributed by atoms with Crippen molar-refractivity contribution in [3.05, 3.63) is 77.4 Å². The summed E-state index contributed by atoms with van der Waals surface area (Å²) < 4.78 is 50.5. The molecule has 0 aliphatic carbocycles. The van der Waals surface area contributed by atoms with Gasteiger partial charge in [-0.05, 0) is 59.5 Å². The first kappa shape index (κ1) is 24.1. The molecule has 0 radical (unpaired) electrons. The van der Waals surface area contributed by atoms with Crippen LogP contribution in [0.4, 0.5) is 18.9 Å². The number of alkyl halides is 3. The molecule has 0 atom stereocenters. The number of nitrogens with one attached hydrogen (secondary N) is 1. The molecule has 0 bridgehead atoms. The molecule has 1 amide bonds. The highest BCUT2D eigenvalue weighted by atomic mass is 32.2. The van der Waals surface area contributed by atoms with Crippen LogP contribution < -0.4 is 15.2 Å². The van der Waals surface area contributed by atoms with Crippen molar-refractivity contribution in [3.8, 4) is 16.9 Å². The van der Waals surface area contributed by atoms with Crippen molar-refractivity contribution in [2.75, 3.05) is 19.5 Å². The summed E-state index contributed by atoms with van der Waals surface area (Å²) in [5.41, 5.74) is -0.710. The van der Waals surface area contributed by atoms with E-state index in [9.17, 15) is 22.8 Å². The maximum absolute atomic E-state index is 13.5. The van der Waals surface area contributed by atoms with E-state index in [0.29, 0.717) is 10.6 Å². The molecule has 3 N–H and O–H groups in total. The smallest absolute Gasteiger partial charge is 0.417 e. The number of carbonyl (C=O) groups excluding carboxylic acids is 2. The minimum absolute atomic E-state index is 0.0266. The third-order valence-corrected chi connectivity index (χ3v) is 5.35. The Bertz CT molecular complexity index is 1200. The number of hydrogen-bond donors (Lipinski definition) is 2. The first-order valence-electron chi connectivity index (χ1n) is 9.44. The molecule has 0 unspecified atom stereocenters. The molecule has 10 heteroatoms. The summed E-state index contributed by atoms with van der Waals surface area (Å²) in [6.45, 7) is 0. The maximum atomic E-state index is 13.5. The fraction of sp³-hybridized carbons (Fsp3) is 0.130. The highest BCUT2D eigenvalue weighted by molar-refractivity contribution is 7.97. The summed E-state index contributed by atoms with van der Waals surface area (Å²) in [5.74, 6) is -0.949. The van der Waals surface area contributed by atoms with E-state index in [-0.39, 0.29) is 27.9 Å². The van der Waals surface area contributed by atoms with Crippen molar-refractivity contribution in [1.29, 1.82) is 0 Å². The molecule has 3 aromatic carbocycles. The topological polar surface area (TPSA) is 90.7 Å². The number of amides is 1. The van der Waals surface area contributed by atoms with Crippen molar-refractivity contribution < 1.29 is 32.2 Å². The zero-order valence-electron chi connectivity index (χ0n) is 17.5. The van der Waals surface area contributed by atoms with Crippen LogP contribution in [0.3, 0.4) is 0 Å². The van der Waals surface area contributed by atoms with Gasteiger partial charge in [0.05, 0.1) is 30.2 Å². The second kappa shape index (κ2) is 9.97. The second-order valence-corrected chi connectivity index (χ2v) is 7.41. The van der Waals surface area contributed by atoms with Crippen molar-refractivity contribution >= 4 is 29.5 Å². The van der Waals surface area contributed by atoms with Crippen LogP contribution >= 0.6 is 11.9 Å². The minimum atomic E-state index is -4.62. The SMILES string of the molecule is COC(=O)c1cc(NC(=O)c2ccc(SN)c(OC)c2)ccc1-c1ccccc1C(F)(F)F. The van der Waals surface area contributed by atoms with Crippen LogP contribution in [0.1, 0.15) is 26.3 Å². The monoisotopic (exact) mass is 476 g/mol. The molecular formula is C23H19F3N2O4S. The highest BCUT2D eigenvalue weighted by Gasteiger charge is 2.34. The van der Waals surface area contributed by atoms with Gasteiger partial charge in [0.2, 0.25) is 0 Å². The van der Waals surface area contributed by atoms with Gasteiger partial charge in [-0.15, -0.1) is 0 Å². The van der Waals surface area contributed by atoms with Gasteiger partial charge in [0, 0.05) is 11.3 Å². The van der Waals surface area contributed by atoms with Crippen LogP contribution in [0.15, 0.2) is 65.6 Å². The van der Waals surface area contributed by atoms with Crippen molar-refractivity contribution in [2.45, 2.75) is 11.1 Å². The molecule has 33 heavy (non-hydrogen) atoms. The lowest BCUT2D eigenvalue weighted by Crippen LogP contribution is -2.14. The van der Waals surface area contributed by atoms with Crippen molar-refractivity contribution in [1.82, 2.24) is 0 Å². The molecule has 6 nitrogen and oxygen atoms in total. The molecule has 0 fully saturated rings. The largest absolute Gasteiger partial charge is 0.496 e. The number of anilines is 1. The molecule has 0 saturated heterocycles. The molecule has 3 rings (SSSR count). The molecule has 0 saturated carbocycles. The Morgan fingerprint density at radius 1 is 0.970 bits per heavy atom. The lowest BCUT2D eigenvalue weighted by molar-refractivity contribution is -0.137. The molecular weight excluding hydrogens is 457 g/mol. The fourth-order valence-corrected chi connectivity index (χ4v) is 3.62. The Labute approximate surface area is 192 Å². The highest BCUT2D eigenvalue weighted by Crippen LogP contribution is 2.39. The van der Waals surface area contributed by atoms with Crippen LogP contribution in [-0.4, -0.2) is 26.1 Å². The van der Waals surface area contributed by atoms with Crippen LogP contribution in [0, 0.1) is 0 Å². The van der Waals surface area contributed by atoms with Gasteiger partial charge < -0.3 is 14.8 Å². The van der Waals surface area contributed by atoms with Gasteiger partial charge in [0.15, 0.2) is 0 Å². The Balaban J connectivity index is 2.01. The van der Waals surface area contributed by atoms with Gasteiger partial charge in [0.25, 0.3) is 5.91 Å². The Hall–Kier alpha value is -3.50. The summed E-state index contributed by atoms with van der Waals surface area (Å²) in [7, 11) is 2.56. The predicted octanol–water partition coefficient (Wildman–Crippen LogP) is 5.39. The van der Waals surface area contributed by atoms with Crippen LogP contribution in [0.5, 0.6) is 5.75 Å². The second-order valence-electron chi connectivity index (χ2n) is 6.73. The number of halogens is 3. The number of hydrogen-bond acceptors (Lipinski definition) is 6. The molecule has 172 valence electrons.